The first-order valence-corrected chi connectivity index (χ1v) is 5.39. The zero-order chi connectivity index (χ0) is 11.1. The van der Waals surface area contributed by atoms with Crippen molar-refractivity contribution in [3.8, 4) is 0 Å². The predicted octanol–water partition coefficient (Wildman–Crippen LogP) is 3.32. The third-order valence-corrected chi connectivity index (χ3v) is 2.45. The highest BCUT2D eigenvalue weighted by Crippen LogP contribution is 2.13. The van der Waals surface area contributed by atoms with Crippen molar-refractivity contribution in [3.05, 3.63) is 12.2 Å². The van der Waals surface area contributed by atoms with Crippen molar-refractivity contribution in [2.24, 2.45) is 5.92 Å². The maximum absolute atomic E-state index is 11.3. The van der Waals surface area contributed by atoms with E-state index in [1.807, 2.05) is 13.8 Å². The van der Waals surface area contributed by atoms with Crippen LogP contribution in [0.15, 0.2) is 12.2 Å². The zero-order valence-corrected chi connectivity index (χ0v) is 9.80. The van der Waals surface area contributed by atoms with Crippen LogP contribution in [0, 0.1) is 5.92 Å². The Hall–Kier alpha value is -0.790. The van der Waals surface area contributed by atoms with Crippen molar-refractivity contribution in [2.45, 2.75) is 53.1 Å². The van der Waals surface area contributed by atoms with E-state index >= 15 is 0 Å². The zero-order valence-electron chi connectivity index (χ0n) is 9.80. The first-order valence-electron chi connectivity index (χ1n) is 5.39. The van der Waals surface area contributed by atoms with Crippen molar-refractivity contribution in [1.82, 2.24) is 0 Å². The van der Waals surface area contributed by atoms with Crippen LogP contribution >= 0.6 is 0 Å². The minimum absolute atomic E-state index is 0.000694. The molecular formula is C12H22O2. The minimum atomic E-state index is -0.247. The number of carbonyl (C=O) groups is 1. The summed E-state index contributed by atoms with van der Waals surface area (Å²) in [6.07, 6.45) is 2.71. The largest absolute Gasteiger partial charge is 0.459 e. The molecule has 0 aliphatic rings. The molecular weight excluding hydrogens is 176 g/mol. The normalized spacial score (nSPS) is 14.6. The Morgan fingerprint density at radius 2 is 1.93 bits per heavy atom. The third kappa shape index (κ3) is 5.05. The van der Waals surface area contributed by atoms with Gasteiger partial charge in [0.1, 0.15) is 0 Å². The van der Waals surface area contributed by atoms with Gasteiger partial charge >= 0.3 is 5.97 Å². The van der Waals surface area contributed by atoms with E-state index in [0.29, 0.717) is 17.9 Å². The molecule has 0 aromatic heterocycles. The van der Waals surface area contributed by atoms with Gasteiger partial charge < -0.3 is 4.74 Å². The van der Waals surface area contributed by atoms with E-state index in [1.54, 1.807) is 0 Å². The molecule has 0 aromatic carbocycles. The summed E-state index contributed by atoms with van der Waals surface area (Å²) in [6.45, 7) is 11.8. The van der Waals surface area contributed by atoms with Gasteiger partial charge in [-0.1, -0.05) is 33.8 Å². The summed E-state index contributed by atoms with van der Waals surface area (Å²) in [5, 5.41) is 0. The third-order valence-electron chi connectivity index (χ3n) is 2.45. The number of ether oxygens (including phenoxy) is 1. The lowest BCUT2D eigenvalue weighted by atomic mass is 10.0. The average molecular weight is 198 g/mol. The molecule has 0 aliphatic carbocycles. The topological polar surface area (TPSA) is 26.3 Å². The molecule has 0 heterocycles. The molecule has 0 spiro atoms. The van der Waals surface area contributed by atoms with E-state index < -0.39 is 0 Å². The molecule has 0 bridgehead atoms. The molecule has 0 saturated heterocycles. The first-order chi connectivity index (χ1) is 6.51. The van der Waals surface area contributed by atoms with Crippen LogP contribution in [0.25, 0.3) is 0 Å². The van der Waals surface area contributed by atoms with Gasteiger partial charge in [0.2, 0.25) is 0 Å². The molecule has 2 atom stereocenters. The summed E-state index contributed by atoms with van der Waals surface area (Å²) in [5.41, 5.74) is 0.556. The van der Waals surface area contributed by atoms with E-state index in [0.717, 1.165) is 12.8 Å². The molecule has 2 nitrogen and oxygen atoms in total. The highest BCUT2D eigenvalue weighted by Gasteiger charge is 2.13. The second-order valence-electron chi connectivity index (χ2n) is 3.92. The van der Waals surface area contributed by atoms with Crippen molar-refractivity contribution in [3.63, 3.8) is 0 Å². The number of rotatable bonds is 6. The smallest absolute Gasteiger partial charge is 0.333 e. The fourth-order valence-corrected chi connectivity index (χ4v) is 1.19. The van der Waals surface area contributed by atoms with Gasteiger partial charge in [0.15, 0.2) is 0 Å². The van der Waals surface area contributed by atoms with Gasteiger partial charge in [-0.25, -0.2) is 4.79 Å². The second kappa shape index (κ2) is 6.63. The van der Waals surface area contributed by atoms with Crippen LogP contribution in [0.4, 0.5) is 0 Å². The van der Waals surface area contributed by atoms with Crippen LogP contribution in [0.1, 0.15) is 47.0 Å². The van der Waals surface area contributed by atoms with Gasteiger partial charge in [-0.3, -0.25) is 0 Å². The van der Waals surface area contributed by atoms with E-state index in [2.05, 4.69) is 20.4 Å². The predicted molar refractivity (Wildman–Crippen MR) is 59.1 cm³/mol. The molecule has 14 heavy (non-hydrogen) atoms. The number of carbonyl (C=O) groups excluding carboxylic acids is 1. The van der Waals surface area contributed by atoms with Gasteiger partial charge in [0, 0.05) is 5.57 Å². The van der Waals surface area contributed by atoms with Crippen molar-refractivity contribution < 1.29 is 9.53 Å². The van der Waals surface area contributed by atoms with E-state index in [9.17, 15) is 4.79 Å². The SMILES string of the molecule is C=C(CC)C(=O)OC(C)CC(C)CC. The molecule has 0 amide bonds. The van der Waals surface area contributed by atoms with Gasteiger partial charge in [0.05, 0.1) is 6.10 Å². The van der Waals surface area contributed by atoms with Crippen LogP contribution in [0.2, 0.25) is 0 Å². The maximum Gasteiger partial charge on any atom is 0.333 e. The minimum Gasteiger partial charge on any atom is -0.459 e. The quantitative estimate of drug-likeness (QED) is 0.483. The fraction of sp³-hybridized carbons (Fsp3) is 0.750. The van der Waals surface area contributed by atoms with Crippen LogP contribution in [0.3, 0.4) is 0 Å². The highest BCUT2D eigenvalue weighted by molar-refractivity contribution is 5.87. The molecule has 0 N–H and O–H groups in total. The summed E-state index contributed by atoms with van der Waals surface area (Å²) in [5.74, 6) is 0.357. The molecule has 2 heteroatoms. The van der Waals surface area contributed by atoms with Crippen molar-refractivity contribution in [1.29, 1.82) is 0 Å². The highest BCUT2D eigenvalue weighted by atomic mass is 16.5. The summed E-state index contributed by atoms with van der Waals surface area (Å²) < 4.78 is 5.24. The molecule has 0 aromatic rings. The van der Waals surface area contributed by atoms with E-state index in [-0.39, 0.29) is 12.1 Å². The molecule has 2 unspecified atom stereocenters. The Morgan fingerprint density at radius 1 is 1.36 bits per heavy atom. The Kier molecular flexibility index (Phi) is 6.26. The van der Waals surface area contributed by atoms with Gasteiger partial charge in [-0.15, -0.1) is 0 Å². The fourth-order valence-electron chi connectivity index (χ4n) is 1.19. The molecule has 0 saturated carbocycles. The average Bonchev–Trinajstić information content (AvgIpc) is 2.15. The summed E-state index contributed by atoms with van der Waals surface area (Å²) in [7, 11) is 0. The van der Waals surface area contributed by atoms with Crippen LogP contribution in [-0.2, 0) is 9.53 Å². The standard InChI is InChI=1S/C12H22O2/c1-6-9(3)8-11(5)14-12(13)10(4)7-2/h9,11H,4,6-8H2,1-3,5H3. The number of esters is 1. The second-order valence-corrected chi connectivity index (χ2v) is 3.92. The molecule has 0 fully saturated rings. The first kappa shape index (κ1) is 13.2. The Balaban J connectivity index is 3.88. The Morgan fingerprint density at radius 3 is 2.36 bits per heavy atom. The maximum atomic E-state index is 11.3. The van der Waals surface area contributed by atoms with E-state index in [1.165, 1.54) is 0 Å². The Bertz CT molecular complexity index is 196. The monoisotopic (exact) mass is 198 g/mol. The van der Waals surface area contributed by atoms with Crippen LogP contribution in [-0.4, -0.2) is 12.1 Å². The van der Waals surface area contributed by atoms with Crippen molar-refractivity contribution in [2.75, 3.05) is 0 Å². The number of hydrogen-bond acceptors (Lipinski definition) is 2. The Labute approximate surface area is 87.3 Å². The van der Waals surface area contributed by atoms with Crippen molar-refractivity contribution >= 4 is 5.97 Å². The summed E-state index contributed by atoms with van der Waals surface area (Å²) >= 11 is 0. The lowest BCUT2D eigenvalue weighted by Gasteiger charge is -2.17. The molecule has 0 radical (unpaired) electrons. The van der Waals surface area contributed by atoms with Crippen LogP contribution in [0.5, 0.6) is 0 Å². The molecule has 82 valence electrons. The lowest BCUT2D eigenvalue weighted by molar-refractivity contribution is -0.144. The lowest BCUT2D eigenvalue weighted by Crippen LogP contribution is -2.18. The number of hydrogen-bond donors (Lipinski definition) is 0. The van der Waals surface area contributed by atoms with Gasteiger partial charge in [0.25, 0.3) is 0 Å². The van der Waals surface area contributed by atoms with Gasteiger partial charge in [-0.05, 0) is 25.7 Å². The molecule has 0 rings (SSSR count). The molecule has 0 aliphatic heterocycles. The van der Waals surface area contributed by atoms with Gasteiger partial charge in [-0.2, -0.15) is 0 Å². The van der Waals surface area contributed by atoms with Crippen LogP contribution < -0.4 is 0 Å². The summed E-state index contributed by atoms with van der Waals surface area (Å²) in [4.78, 5) is 11.3. The van der Waals surface area contributed by atoms with E-state index in [4.69, 9.17) is 4.74 Å². The summed E-state index contributed by atoms with van der Waals surface area (Å²) in [6, 6.07) is 0.